The Balaban J connectivity index is 1.83. The van der Waals surface area contributed by atoms with Crippen molar-refractivity contribution in [3.8, 4) is 0 Å². The van der Waals surface area contributed by atoms with Gasteiger partial charge in [0.05, 0.1) is 12.1 Å². The molecule has 1 aliphatic rings. The molecule has 6 heteroatoms. The second-order valence-corrected chi connectivity index (χ2v) is 6.17. The average Bonchev–Trinajstić information content (AvgIpc) is 2.62. The van der Waals surface area contributed by atoms with Crippen LogP contribution < -0.4 is 5.32 Å². The van der Waals surface area contributed by atoms with Crippen LogP contribution in [0, 0.1) is 0 Å². The maximum Gasteiger partial charge on any atom is 0.248 e. The molecule has 0 aromatic heterocycles. The summed E-state index contributed by atoms with van der Waals surface area (Å²) < 4.78 is 4.89. The number of ether oxygens (including phenoxy) is 1. The molecule has 0 spiro atoms. The van der Waals surface area contributed by atoms with E-state index < -0.39 is 0 Å². The third kappa shape index (κ3) is 4.79. The van der Waals surface area contributed by atoms with Crippen LogP contribution in [0.25, 0.3) is 0 Å². The third-order valence-corrected chi connectivity index (χ3v) is 4.52. The molecule has 2 atom stereocenters. The van der Waals surface area contributed by atoms with Gasteiger partial charge in [-0.2, -0.15) is 0 Å². The first-order valence-corrected chi connectivity index (χ1v) is 8.39. The van der Waals surface area contributed by atoms with Crippen LogP contribution >= 0.6 is 0 Å². The second-order valence-electron chi connectivity index (χ2n) is 6.17. The first-order chi connectivity index (χ1) is 11.5. The summed E-state index contributed by atoms with van der Waals surface area (Å²) >= 11 is 0. The zero-order valence-corrected chi connectivity index (χ0v) is 14.7. The number of nitrogens with one attached hydrogen (secondary N) is 1. The summed E-state index contributed by atoms with van der Waals surface area (Å²) in [5, 5.41) is 3.07. The van der Waals surface area contributed by atoms with Gasteiger partial charge in [-0.1, -0.05) is 30.3 Å². The van der Waals surface area contributed by atoms with Crippen LogP contribution in [-0.4, -0.2) is 67.6 Å². The predicted molar refractivity (Wildman–Crippen MR) is 92.5 cm³/mol. The van der Waals surface area contributed by atoms with Crippen LogP contribution in [-0.2, 0) is 14.3 Å². The fourth-order valence-electron chi connectivity index (χ4n) is 2.90. The van der Waals surface area contributed by atoms with Crippen LogP contribution in [0.15, 0.2) is 30.3 Å². The van der Waals surface area contributed by atoms with Gasteiger partial charge in [0.1, 0.15) is 6.61 Å². The lowest BCUT2D eigenvalue weighted by atomic mass is 10.1. The number of hydrogen-bond donors (Lipinski definition) is 1. The van der Waals surface area contributed by atoms with E-state index in [0.717, 1.165) is 5.56 Å². The van der Waals surface area contributed by atoms with Crippen LogP contribution in [0.3, 0.4) is 0 Å². The number of carbonyl (C=O) groups excluding carboxylic acids is 2. The summed E-state index contributed by atoms with van der Waals surface area (Å²) in [6.07, 6.45) is 0. The zero-order chi connectivity index (χ0) is 17.5. The molecule has 1 saturated heterocycles. The normalized spacial score (nSPS) is 18.0. The fraction of sp³-hybridized carbons (Fsp3) is 0.556. The number of nitrogens with zero attached hydrogens (tertiary/aromatic N) is 2. The Morgan fingerprint density at radius 2 is 1.75 bits per heavy atom. The molecule has 1 aromatic rings. The summed E-state index contributed by atoms with van der Waals surface area (Å²) in [5.74, 6) is 0.0231. The van der Waals surface area contributed by atoms with Gasteiger partial charge in [0.15, 0.2) is 0 Å². The molecular formula is C18H27N3O3. The minimum atomic E-state index is -0.212. The quantitative estimate of drug-likeness (QED) is 0.845. The molecule has 0 saturated carbocycles. The molecule has 1 fully saturated rings. The highest BCUT2D eigenvalue weighted by Gasteiger charge is 2.27. The van der Waals surface area contributed by atoms with Crippen molar-refractivity contribution in [3.63, 3.8) is 0 Å². The lowest BCUT2D eigenvalue weighted by Gasteiger charge is -2.37. The minimum Gasteiger partial charge on any atom is -0.375 e. The van der Waals surface area contributed by atoms with E-state index in [1.807, 2.05) is 44.2 Å². The van der Waals surface area contributed by atoms with Crippen LogP contribution in [0.2, 0.25) is 0 Å². The van der Waals surface area contributed by atoms with Crippen molar-refractivity contribution < 1.29 is 14.3 Å². The van der Waals surface area contributed by atoms with E-state index in [-0.39, 0.29) is 30.5 Å². The Kier molecular flexibility index (Phi) is 6.75. The third-order valence-electron chi connectivity index (χ3n) is 4.52. The molecule has 132 valence electrons. The van der Waals surface area contributed by atoms with Crippen molar-refractivity contribution in [2.24, 2.45) is 0 Å². The summed E-state index contributed by atoms with van der Waals surface area (Å²) in [7, 11) is 1.52. The predicted octanol–water partition coefficient (Wildman–Crippen LogP) is 1.04. The summed E-state index contributed by atoms with van der Waals surface area (Å²) in [6.45, 7) is 6.68. The van der Waals surface area contributed by atoms with Gasteiger partial charge in [-0.05, 0) is 19.4 Å². The highest BCUT2D eigenvalue weighted by molar-refractivity contribution is 5.82. The van der Waals surface area contributed by atoms with E-state index >= 15 is 0 Å². The Morgan fingerprint density at radius 1 is 1.12 bits per heavy atom. The molecule has 0 aliphatic carbocycles. The van der Waals surface area contributed by atoms with Crippen molar-refractivity contribution in [1.82, 2.24) is 15.1 Å². The molecule has 1 N–H and O–H groups in total. The van der Waals surface area contributed by atoms with Gasteiger partial charge in [-0.15, -0.1) is 0 Å². The minimum absolute atomic E-state index is 0.00644. The van der Waals surface area contributed by atoms with E-state index in [9.17, 15) is 9.59 Å². The summed E-state index contributed by atoms with van der Waals surface area (Å²) in [4.78, 5) is 28.2. The fourth-order valence-corrected chi connectivity index (χ4v) is 2.90. The number of benzene rings is 1. The van der Waals surface area contributed by atoms with Crippen molar-refractivity contribution in [2.45, 2.75) is 25.9 Å². The van der Waals surface area contributed by atoms with Gasteiger partial charge < -0.3 is 15.0 Å². The standard InChI is InChI=1S/C18H27N3O3/c1-14(16-7-5-4-6-8-16)19-18(23)15(2)20-9-11-21(12-10-20)17(22)13-24-3/h4-8,14-15H,9-13H2,1-3H3,(H,19,23). The molecule has 2 amide bonds. The molecular weight excluding hydrogens is 306 g/mol. The molecule has 1 aliphatic heterocycles. The molecule has 1 aromatic carbocycles. The first kappa shape index (κ1) is 18.4. The van der Waals surface area contributed by atoms with E-state index in [1.165, 1.54) is 7.11 Å². The molecule has 24 heavy (non-hydrogen) atoms. The van der Waals surface area contributed by atoms with E-state index in [4.69, 9.17) is 4.74 Å². The van der Waals surface area contributed by atoms with Crippen LogP contribution in [0.5, 0.6) is 0 Å². The van der Waals surface area contributed by atoms with Gasteiger partial charge in [0, 0.05) is 33.3 Å². The van der Waals surface area contributed by atoms with Gasteiger partial charge in [0.25, 0.3) is 0 Å². The number of amides is 2. The molecule has 6 nitrogen and oxygen atoms in total. The zero-order valence-electron chi connectivity index (χ0n) is 14.7. The molecule has 1 heterocycles. The number of piperazine rings is 1. The van der Waals surface area contributed by atoms with Crippen molar-refractivity contribution in [2.75, 3.05) is 39.9 Å². The number of hydrogen-bond acceptors (Lipinski definition) is 4. The lowest BCUT2D eigenvalue weighted by Crippen LogP contribution is -2.55. The average molecular weight is 333 g/mol. The Bertz CT molecular complexity index is 542. The van der Waals surface area contributed by atoms with Crippen molar-refractivity contribution in [1.29, 1.82) is 0 Å². The highest BCUT2D eigenvalue weighted by Crippen LogP contribution is 2.13. The van der Waals surface area contributed by atoms with Crippen molar-refractivity contribution >= 4 is 11.8 Å². The molecule has 2 unspecified atom stereocenters. The van der Waals surface area contributed by atoms with Gasteiger partial charge in [-0.25, -0.2) is 0 Å². The van der Waals surface area contributed by atoms with E-state index in [0.29, 0.717) is 26.2 Å². The maximum absolute atomic E-state index is 12.5. The number of rotatable bonds is 6. The maximum atomic E-state index is 12.5. The summed E-state index contributed by atoms with van der Waals surface area (Å²) in [5.41, 5.74) is 1.09. The van der Waals surface area contributed by atoms with E-state index in [2.05, 4.69) is 10.2 Å². The van der Waals surface area contributed by atoms with Gasteiger partial charge in [-0.3, -0.25) is 14.5 Å². The molecule has 0 bridgehead atoms. The Hall–Kier alpha value is -1.92. The monoisotopic (exact) mass is 333 g/mol. The van der Waals surface area contributed by atoms with Crippen molar-refractivity contribution in [3.05, 3.63) is 35.9 Å². The number of methoxy groups -OCH3 is 1. The SMILES string of the molecule is COCC(=O)N1CCN(C(C)C(=O)NC(C)c2ccccc2)CC1. The second kappa shape index (κ2) is 8.80. The van der Waals surface area contributed by atoms with Gasteiger partial charge >= 0.3 is 0 Å². The van der Waals surface area contributed by atoms with Gasteiger partial charge in [0.2, 0.25) is 11.8 Å². The molecule has 0 radical (unpaired) electrons. The Morgan fingerprint density at radius 3 is 2.33 bits per heavy atom. The van der Waals surface area contributed by atoms with Crippen LogP contribution in [0.4, 0.5) is 0 Å². The topological polar surface area (TPSA) is 61.9 Å². The Labute approximate surface area is 143 Å². The lowest BCUT2D eigenvalue weighted by molar-refractivity contribution is -0.137. The smallest absolute Gasteiger partial charge is 0.248 e. The molecule has 2 rings (SSSR count). The van der Waals surface area contributed by atoms with Crippen LogP contribution in [0.1, 0.15) is 25.5 Å². The summed E-state index contributed by atoms with van der Waals surface area (Å²) in [6, 6.07) is 9.69. The largest absolute Gasteiger partial charge is 0.375 e. The first-order valence-electron chi connectivity index (χ1n) is 8.39. The highest BCUT2D eigenvalue weighted by atomic mass is 16.5. The van der Waals surface area contributed by atoms with E-state index in [1.54, 1.807) is 4.90 Å². The number of carbonyl (C=O) groups is 2.